The molecule has 50 heavy (non-hydrogen) atoms. The predicted octanol–water partition coefficient (Wildman–Crippen LogP) is 5.49. The number of hydrogen-bond acceptors (Lipinski definition) is 8. The fourth-order valence-electron chi connectivity index (χ4n) is 7.08. The summed E-state index contributed by atoms with van der Waals surface area (Å²) in [5.74, 6) is -0.481. The third-order valence-corrected chi connectivity index (χ3v) is 9.75. The molecule has 12 heteroatoms. The number of nitrogens with zero attached hydrogens (tertiary/aromatic N) is 2. The molecule has 0 saturated carbocycles. The molecule has 0 aliphatic carbocycles. The Balaban J connectivity index is 1.08. The number of rotatable bonds is 14. The van der Waals surface area contributed by atoms with Gasteiger partial charge in [0.2, 0.25) is 11.8 Å². The zero-order chi connectivity index (χ0) is 34.9. The predicted molar refractivity (Wildman–Crippen MR) is 188 cm³/mol. The lowest BCUT2D eigenvalue weighted by Gasteiger charge is -2.40. The third-order valence-electron chi connectivity index (χ3n) is 9.75. The summed E-state index contributed by atoms with van der Waals surface area (Å²) in [7, 11) is 0. The second kappa shape index (κ2) is 17.1. The number of ether oxygens (including phenoxy) is 2. The molecule has 0 radical (unpaired) electrons. The summed E-state index contributed by atoms with van der Waals surface area (Å²) in [6.07, 6.45) is 5.02. The number of imidazole rings is 1. The number of para-hydroxylation sites is 2. The summed E-state index contributed by atoms with van der Waals surface area (Å²) in [6.45, 7) is 2.39. The molecule has 1 aromatic heterocycles. The molecular weight excluding hydrogens is 638 g/mol. The van der Waals surface area contributed by atoms with Crippen molar-refractivity contribution < 1.29 is 29.4 Å². The summed E-state index contributed by atoms with van der Waals surface area (Å²) in [4.78, 5) is 42.1. The van der Waals surface area contributed by atoms with Crippen molar-refractivity contribution in [2.45, 2.75) is 88.9 Å². The van der Waals surface area contributed by atoms with E-state index in [9.17, 15) is 19.5 Å². The van der Waals surface area contributed by atoms with Gasteiger partial charge in [0.15, 0.2) is 6.29 Å². The van der Waals surface area contributed by atoms with Gasteiger partial charge in [-0.15, -0.1) is 0 Å². The van der Waals surface area contributed by atoms with Crippen LogP contribution in [0.4, 0.5) is 5.69 Å². The number of benzene rings is 3. The molecule has 266 valence electrons. The number of likely N-dealkylation sites (tertiary alicyclic amines) is 1. The molecular formula is C38H47N5O7. The topological polar surface area (TPSA) is 158 Å². The van der Waals surface area contributed by atoms with Gasteiger partial charge in [0.05, 0.1) is 29.8 Å². The van der Waals surface area contributed by atoms with Crippen molar-refractivity contribution in [1.29, 1.82) is 0 Å². The lowest BCUT2D eigenvalue weighted by molar-refractivity contribution is -0.253. The highest BCUT2D eigenvalue weighted by molar-refractivity contribution is 5.90. The number of fused-ring (bicyclic) bond motifs is 1. The van der Waals surface area contributed by atoms with E-state index in [2.05, 4.69) is 15.2 Å². The maximum absolute atomic E-state index is 12.8. The van der Waals surface area contributed by atoms with E-state index in [0.717, 1.165) is 73.0 Å². The molecule has 5 N–H and O–H groups in total. The summed E-state index contributed by atoms with van der Waals surface area (Å²) >= 11 is 0. The number of anilines is 1. The SMILES string of the molecule is O=C(CCCCCCC(=O)Nc1cccc([C@@H]2O[C@H](CN3CCC(n4c(=O)[nH]c5ccccc54)CC3)C[C@H](c3ccc(CO)cc3)O2)c1)NO. The van der Waals surface area contributed by atoms with E-state index in [1.807, 2.05) is 77.4 Å². The molecule has 6 rings (SSSR count). The van der Waals surface area contributed by atoms with Crippen LogP contribution in [-0.2, 0) is 25.7 Å². The van der Waals surface area contributed by atoms with Crippen LogP contribution in [0.1, 0.15) is 92.9 Å². The summed E-state index contributed by atoms with van der Waals surface area (Å²) in [5, 5.41) is 21.2. The molecule has 3 heterocycles. The van der Waals surface area contributed by atoms with Crippen molar-refractivity contribution in [3.63, 3.8) is 0 Å². The first kappa shape index (κ1) is 35.5. The number of aliphatic hydroxyl groups is 1. The molecule has 2 aliphatic heterocycles. The number of carbonyl (C=O) groups is 2. The van der Waals surface area contributed by atoms with Gasteiger partial charge in [-0.1, -0.05) is 61.4 Å². The van der Waals surface area contributed by atoms with E-state index in [1.165, 1.54) is 0 Å². The Kier molecular flexibility index (Phi) is 12.1. The van der Waals surface area contributed by atoms with Gasteiger partial charge in [-0.05, 0) is 61.1 Å². The van der Waals surface area contributed by atoms with Crippen molar-refractivity contribution in [3.05, 3.63) is 100.0 Å². The van der Waals surface area contributed by atoms with Gasteiger partial charge in [-0.3, -0.25) is 19.4 Å². The highest BCUT2D eigenvalue weighted by atomic mass is 16.7. The van der Waals surface area contributed by atoms with Crippen molar-refractivity contribution in [2.24, 2.45) is 0 Å². The van der Waals surface area contributed by atoms with E-state index in [0.29, 0.717) is 31.4 Å². The van der Waals surface area contributed by atoms with E-state index in [-0.39, 0.29) is 42.9 Å². The molecule has 2 saturated heterocycles. The number of hydrogen-bond donors (Lipinski definition) is 5. The Labute approximate surface area is 291 Å². The van der Waals surface area contributed by atoms with Gasteiger partial charge >= 0.3 is 5.69 Å². The molecule has 12 nitrogen and oxygen atoms in total. The summed E-state index contributed by atoms with van der Waals surface area (Å²) < 4.78 is 15.1. The number of piperidine rings is 1. The van der Waals surface area contributed by atoms with Crippen LogP contribution in [0, 0.1) is 0 Å². The molecule has 2 amide bonds. The largest absolute Gasteiger partial charge is 0.392 e. The molecule has 0 unspecified atom stereocenters. The number of aromatic nitrogens is 2. The Hall–Kier alpha value is -4.33. The van der Waals surface area contributed by atoms with Crippen LogP contribution in [0.25, 0.3) is 11.0 Å². The number of carbonyl (C=O) groups excluding carboxylic acids is 2. The van der Waals surface area contributed by atoms with Crippen LogP contribution in [0.3, 0.4) is 0 Å². The monoisotopic (exact) mass is 685 g/mol. The van der Waals surface area contributed by atoms with Crippen LogP contribution in [-0.4, -0.2) is 62.3 Å². The third kappa shape index (κ3) is 9.06. The Bertz CT molecular complexity index is 1780. The van der Waals surface area contributed by atoms with Crippen LogP contribution < -0.4 is 16.5 Å². The van der Waals surface area contributed by atoms with Crippen molar-refractivity contribution in [1.82, 2.24) is 19.9 Å². The lowest BCUT2D eigenvalue weighted by Crippen LogP contribution is -2.43. The zero-order valence-electron chi connectivity index (χ0n) is 28.3. The number of aromatic amines is 1. The van der Waals surface area contributed by atoms with Crippen LogP contribution in [0.15, 0.2) is 77.6 Å². The fourth-order valence-corrected chi connectivity index (χ4v) is 7.08. The minimum Gasteiger partial charge on any atom is -0.392 e. The first-order valence-electron chi connectivity index (χ1n) is 17.6. The van der Waals surface area contributed by atoms with Crippen molar-refractivity contribution in [3.8, 4) is 0 Å². The van der Waals surface area contributed by atoms with Gasteiger partial charge in [-0.25, -0.2) is 10.3 Å². The molecule has 3 aromatic carbocycles. The molecule has 0 bridgehead atoms. The number of aliphatic hydroxyl groups excluding tert-OH is 1. The van der Waals surface area contributed by atoms with Gasteiger partial charge in [-0.2, -0.15) is 0 Å². The molecule has 2 aliphatic rings. The number of unbranched alkanes of at least 4 members (excludes halogenated alkanes) is 3. The highest BCUT2D eigenvalue weighted by Crippen LogP contribution is 2.39. The average Bonchev–Trinajstić information content (AvgIpc) is 3.48. The second-order valence-corrected chi connectivity index (χ2v) is 13.3. The van der Waals surface area contributed by atoms with E-state index in [1.54, 1.807) is 5.48 Å². The first-order valence-corrected chi connectivity index (χ1v) is 17.6. The first-order chi connectivity index (χ1) is 24.4. The number of hydroxylamine groups is 1. The second-order valence-electron chi connectivity index (χ2n) is 13.3. The quantitative estimate of drug-likeness (QED) is 0.0663. The van der Waals surface area contributed by atoms with Crippen molar-refractivity contribution in [2.75, 3.05) is 25.0 Å². The van der Waals surface area contributed by atoms with Crippen molar-refractivity contribution >= 4 is 28.5 Å². The van der Waals surface area contributed by atoms with Gasteiger partial charge < -0.3 is 29.8 Å². The smallest absolute Gasteiger partial charge is 0.326 e. The Morgan fingerprint density at radius 3 is 2.34 bits per heavy atom. The van der Waals surface area contributed by atoms with Gasteiger partial charge in [0.1, 0.15) is 0 Å². The van der Waals surface area contributed by atoms with Crippen LogP contribution in [0.2, 0.25) is 0 Å². The minimum atomic E-state index is -0.647. The number of H-pyrrole nitrogens is 1. The normalized spacial score (nSPS) is 20.2. The van der Waals surface area contributed by atoms with E-state index >= 15 is 0 Å². The Morgan fingerprint density at radius 1 is 0.860 bits per heavy atom. The van der Waals surface area contributed by atoms with Gasteiger partial charge in [0.25, 0.3) is 0 Å². The van der Waals surface area contributed by atoms with Gasteiger partial charge in [0, 0.05) is 56.2 Å². The molecule has 4 aromatic rings. The standard InChI is InChI=1S/C38H47N5O7/c44-25-26-14-16-27(17-15-26)34-23-31(24-42-20-18-30(19-21-42)43-33-11-6-5-10-32(33)40-38(43)47)49-37(50-34)28-8-7-9-29(22-28)39-35(45)12-3-1-2-4-13-36(46)41-48/h5-11,14-17,22,30-31,34,37,44,48H,1-4,12-13,18-21,23-25H2,(H,39,45)(H,40,47)(H,41,46)/t31-,34+,37+/m0/s1. The highest BCUT2D eigenvalue weighted by Gasteiger charge is 2.34. The van der Waals surface area contributed by atoms with Crippen LogP contribution in [0.5, 0.6) is 0 Å². The number of nitrogens with one attached hydrogen (secondary N) is 3. The molecule has 2 fully saturated rings. The van der Waals surface area contributed by atoms with Crippen LogP contribution >= 0.6 is 0 Å². The fraction of sp³-hybridized carbons (Fsp3) is 0.447. The maximum Gasteiger partial charge on any atom is 0.326 e. The Morgan fingerprint density at radius 2 is 1.60 bits per heavy atom. The zero-order valence-corrected chi connectivity index (χ0v) is 28.3. The summed E-state index contributed by atoms with van der Waals surface area (Å²) in [5.41, 5.74) is 6.71. The minimum absolute atomic E-state index is 0.0251. The van der Waals surface area contributed by atoms with E-state index in [4.69, 9.17) is 14.7 Å². The maximum atomic E-state index is 12.8. The van der Waals surface area contributed by atoms with E-state index < -0.39 is 12.2 Å². The average molecular weight is 686 g/mol. The molecule has 0 spiro atoms. The summed E-state index contributed by atoms with van der Waals surface area (Å²) in [6, 6.07) is 23.4. The number of amides is 2. The molecule has 3 atom stereocenters. The lowest BCUT2D eigenvalue weighted by atomic mass is 9.98.